The molecule has 4 nitrogen and oxygen atoms in total. The van der Waals surface area contributed by atoms with Crippen molar-refractivity contribution >= 4 is 0 Å². The lowest BCUT2D eigenvalue weighted by molar-refractivity contribution is -0.0191. The van der Waals surface area contributed by atoms with Crippen molar-refractivity contribution in [3.05, 3.63) is 23.3 Å². The minimum Gasteiger partial charge on any atom is -0.504 e. The van der Waals surface area contributed by atoms with E-state index in [1.54, 1.807) is 7.11 Å². The van der Waals surface area contributed by atoms with Crippen LogP contribution in [0.25, 0.3) is 0 Å². The second-order valence-corrected chi connectivity index (χ2v) is 7.18. The molecule has 1 aromatic carbocycles. The highest BCUT2D eigenvalue weighted by Crippen LogP contribution is 2.43. The number of aliphatic hydroxyl groups is 1. The van der Waals surface area contributed by atoms with Gasteiger partial charge >= 0.3 is 0 Å². The van der Waals surface area contributed by atoms with E-state index in [2.05, 4.69) is 18.7 Å². The first-order valence-corrected chi connectivity index (χ1v) is 8.31. The van der Waals surface area contributed by atoms with Gasteiger partial charge in [0.15, 0.2) is 11.5 Å². The van der Waals surface area contributed by atoms with Gasteiger partial charge in [-0.1, -0.05) is 13.8 Å². The number of fused-ring (bicyclic) bond motifs is 3. The summed E-state index contributed by atoms with van der Waals surface area (Å²) in [4.78, 5) is 2.48. The quantitative estimate of drug-likeness (QED) is 0.901. The average Bonchev–Trinajstić information content (AvgIpc) is 2.47. The average molecular weight is 305 g/mol. The molecular weight excluding hydrogens is 278 g/mol. The Morgan fingerprint density at radius 1 is 1.36 bits per heavy atom. The third kappa shape index (κ3) is 2.82. The van der Waals surface area contributed by atoms with Crippen molar-refractivity contribution in [3.63, 3.8) is 0 Å². The Kier molecular flexibility index (Phi) is 4.33. The Morgan fingerprint density at radius 2 is 2.14 bits per heavy atom. The van der Waals surface area contributed by atoms with E-state index in [0.29, 0.717) is 17.6 Å². The molecule has 4 heteroatoms. The number of hydrogen-bond donors (Lipinski definition) is 2. The van der Waals surface area contributed by atoms with Crippen LogP contribution < -0.4 is 4.74 Å². The van der Waals surface area contributed by atoms with Crippen molar-refractivity contribution in [3.8, 4) is 11.5 Å². The van der Waals surface area contributed by atoms with Gasteiger partial charge in [0.1, 0.15) is 0 Å². The lowest BCUT2D eigenvalue weighted by Crippen LogP contribution is -2.48. The lowest BCUT2D eigenvalue weighted by atomic mass is 9.79. The Bertz CT molecular complexity index is 543. The summed E-state index contributed by atoms with van der Waals surface area (Å²) < 4.78 is 5.22. The summed E-state index contributed by atoms with van der Waals surface area (Å²) >= 11 is 0. The van der Waals surface area contributed by atoms with E-state index in [4.69, 9.17) is 4.74 Å². The number of aromatic hydroxyl groups is 1. The van der Waals surface area contributed by atoms with Crippen LogP contribution >= 0.6 is 0 Å². The number of benzene rings is 1. The second-order valence-electron chi connectivity index (χ2n) is 7.18. The third-order valence-electron chi connectivity index (χ3n) is 5.16. The van der Waals surface area contributed by atoms with Crippen LogP contribution in [0.1, 0.15) is 43.9 Å². The van der Waals surface area contributed by atoms with Crippen LogP contribution in [0.5, 0.6) is 11.5 Å². The highest BCUT2D eigenvalue weighted by atomic mass is 16.5. The molecule has 0 aromatic heterocycles. The predicted molar refractivity (Wildman–Crippen MR) is 86.2 cm³/mol. The standard InChI is InChI=1S/C18H27NO3/c1-11(2)6-13-10-19-5-4-12-7-18(22-3)17(21)8-14(12)15(19)9-16(13)20/h7-8,11,13,15-16,20-21H,4-6,9-10H2,1-3H3/t13-,15+,16-/m0/s1. The molecule has 2 aliphatic heterocycles. The number of ether oxygens (including phenoxy) is 1. The van der Waals surface area contributed by atoms with Crippen LogP contribution in [-0.2, 0) is 6.42 Å². The maximum atomic E-state index is 10.5. The fourth-order valence-corrected chi connectivity index (χ4v) is 4.11. The van der Waals surface area contributed by atoms with Gasteiger partial charge in [0.25, 0.3) is 0 Å². The minimum atomic E-state index is -0.251. The first kappa shape index (κ1) is 15.6. The summed E-state index contributed by atoms with van der Waals surface area (Å²) in [6, 6.07) is 4.01. The van der Waals surface area contributed by atoms with Crippen LogP contribution in [0.4, 0.5) is 0 Å². The molecule has 0 unspecified atom stereocenters. The molecule has 0 bridgehead atoms. The number of nitrogens with zero attached hydrogens (tertiary/aromatic N) is 1. The molecule has 3 atom stereocenters. The number of piperidine rings is 1. The second kappa shape index (κ2) is 6.09. The first-order valence-electron chi connectivity index (χ1n) is 8.31. The largest absolute Gasteiger partial charge is 0.504 e. The molecule has 0 spiro atoms. The molecule has 3 rings (SSSR count). The van der Waals surface area contributed by atoms with Gasteiger partial charge in [-0.25, -0.2) is 0 Å². The number of phenolic OH excluding ortho intramolecular Hbond substituents is 1. The molecule has 1 aromatic rings. The van der Waals surface area contributed by atoms with Gasteiger partial charge in [-0.15, -0.1) is 0 Å². The summed E-state index contributed by atoms with van der Waals surface area (Å²) in [5.41, 5.74) is 2.40. The molecule has 1 saturated heterocycles. The van der Waals surface area contributed by atoms with Gasteiger partial charge in [-0.2, -0.15) is 0 Å². The zero-order valence-electron chi connectivity index (χ0n) is 13.7. The number of phenols is 1. The monoisotopic (exact) mass is 305 g/mol. The van der Waals surface area contributed by atoms with Gasteiger partial charge in [-0.05, 0) is 54.4 Å². The maximum Gasteiger partial charge on any atom is 0.160 e. The SMILES string of the molecule is COc1cc2c(cc1O)[C@H]1C[C@H](O)[C@@H](CC(C)C)CN1CC2. The molecule has 0 saturated carbocycles. The highest BCUT2D eigenvalue weighted by Gasteiger charge is 2.38. The summed E-state index contributed by atoms with van der Waals surface area (Å²) in [6.45, 7) is 6.41. The molecule has 22 heavy (non-hydrogen) atoms. The van der Waals surface area contributed by atoms with Crippen molar-refractivity contribution in [1.29, 1.82) is 0 Å². The number of hydrogen-bond acceptors (Lipinski definition) is 4. The molecule has 0 radical (unpaired) electrons. The zero-order chi connectivity index (χ0) is 15.9. The normalized spacial score (nSPS) is 28.3. The first-order chi connectivity index (χ1) is 10.5. The van der Waals surface area contributed by atoms with Crippen molar-refractivity contribution in [2.75, 3.05) is 20.2 Å². The Balaban J connectivity index is 1.85. The van der Waals surface area contributed by atoms with E-state index in [-0.39, 0.29) is 17.9 Å². The number of methoxy groups -OCH3 is 1. The number of rotatable bonds is 3. The molecule has 1 fully saturated rings. The predicted octanol–water partition coefficient (Wildman–Crippen LogP) is 2.73. The Labute approximate surface area is 132 Å². The van der Waals surface area contributed by atoms with Gasteiger partial charge in [0.2, 0.25) is 0 Å². The molecule has 2 N–H and O–H groups in total. The van der Waals surface area contributed by atoms with Gasteiger partial charge in [0.05, 0.1) is 13.2 Å². The fraction of sp³-hybridized carbons (Fsp3) is 0.667. The number of aliphatic hydroxyl groups excluding tert-OH is 1. The van der Waals surface area contributed by atoms with Gasteiger partial charge in [0, 0.05) is 19.1 Å². The highest BCUT2D eigenvalue weighted by molar-refractivity contribution is 5.48. The lowest BCUT2D eigenvalue weighted by Gasteiger charge is -2.46. The van der Waals surface area contributed by atoms with E-state index in [0.717, 1.165) is 37.9 Å². The van der Waals surface area contributed by atoms with E-state index in [1.807, 2.05) is 12.1 Å². The van der Waals surface area contributed by atoms with Crippen molar-refractivity contribution < 1.29 is 14.9 Å². The molecular formula is C18H27NO3. The fourth-order valence-electron chi connectivity index (χ4n) is 4.11. The summed E-state index contributed by atoms with van der Waals surface area (Å²) in [7, 11) is 1.58. The summed E-state index contributed by atoms with van der Waals surface area (Å²) in [6.07, 6.45) is 2.56. The summed E-state index contributed by atoms with van der Waals surface area (Å²) in [5.74, 6) is 1.72. The topological polar surface area (TPSA) is 52.9 Å². The van der Waals surface area contributed by atoms with E-state index >= 15 is 0 Å². The molecule has 122 valence electrons. The van der Waals surface area contributed by atoms with Crippen molar-refractivity contribution in [2.45, 2.75) is 45.3 Å². The van der Waals surface area contributed by atoms with E-state index in [1.165, 1.54) is 5.56 Å². The van der Waals surface area contributed by atoms with Crippen LogP contribution in [0.3, 0.4) is 0 Å². The minimum absolute atomic E-state index is 0.196. The molecule has 2 aliphatic rings. The maximum absolute atomic E-state index is 10.5. The summed E-state index contributed by atoms with van der Waals surface area (Å²) in [5, 5.41) is 20.6. The van der Waals surface area contributed by atoms with Crippen molar-refractivity contribution in [2.24, 2.45) is 11.8 Å². The molecule has 0 aliphatic carbocycles. The molecule has 0 amide bonds. The van der Waals surface area contributed by atoms with Crippen LogP contribution in [-0.4, -0.2) is 41.4 Å². The smallest absolute Gasteiger partial charge is 0.160 e. The zero-order valence-corrected chi connectivity index (χ0v) is 13.7. The van der Waals surface area contributed by atoms with Gasteiger partial charge in [-0.3, -0.25) is 4.90 Å². The Morgan fingerprint density at radius 3 is 2.82 bits per heavy atom. The van der Waals surface area contributed by atoms with Crippen LogP contribution in [0, 0.1) is 11.8 Å². The van der Waals surface area contributed by atoms with E-state index < -0.39 is 0 Å². The van der Waals surface area contributed by atoms with E-state index in [9.17, 15) is 10.2 Å². The Hall–Kier alpha value is -1.26. The third-order valence-corrected chi connectivity index (χ3v) is 5.16. The van der Waals surface area contributed by atoms with Crippen molar-refractivity contribution in [1.82, 2.24) is 4.90 Å². The van der Waals surface area contributed by atoms with Crippen LogP contribution in [0.2, 0.25) is 0 Å². The van der Waals surface area contributed by atoms with Crippen LogP contribution in [0.15, 0.2) is 12.1 Å². The molecule has 2 heterocycles. The van der Waals surface area contributed by atoms with Gasteiger partial charge < -0.3 is 14.9 Å².